The number of aromatic nitrogens is 2. The molecular weight excluding hydrogens is 484 g/mol. The van der Waals surface area contributed by atoms with E-state index in [0.717, 1.165) is 55.7 Å². The number of nitrogens with zero attached hydrogens (tertiary/aromatic N) is 3. The third-order valence-electron chi connectivity index (χ3n) is 7.54. The van der Waals surface area contributed by atoms with Crippen LogP contribution >= 0.6 is 0 Å². The number of carboxylic acids is 1. The van der Waals surface area contributed by atoms with E-state index in [4.69, 9.17) is 19.1 Å². The van der Waals surface area contributed by atoms with E-state index in [1.165, 1.54) is 12.3 Å². The van der Waals surface area contributed by atoms with Gasteiger partial charge in [-0.15, -0.1) is 0 Å². The van der Waals surface area contributed by atoms with Crippen LogP contribution in [0.25, 0.3) is 11.3 Å². The zero-order valence-electron chi connectivity index (χ0n) is 20.1. The van der Waals surface area contributed by atoms with Crippen LogP contribution in [-0.2, 0) is 11.3 Å². The molecule has 1 aliphatic carbocycles. The van der Waals surface area contributed by atoms with Gasteiger partial charge in [0, 0.05) is 35.3 Å². The number of para-hydroxylation sites is 1. The first-order valence-electron chi connectivity index (χ1n) is 12.6. The minimum absolute atomic E-state index is 0.0226. The molecule has 194 valence electrons. The molecule has 1 N–H and O–H groups in total. The van der Waals surface area contributed by atoms with Crippen LogP contribution in [0.4, 0.5) is 14.6 Å². The fourth-order valence-electron chi connectivity index (χ4n) is 5.70. The van der Waals surface area contributed by atoms with Gasteiger partial charge in [-0.25, -0.2) is 9.78 Å². The van der Waals surface area contributed by atoms with Crippen LogP contribution < -0.4 is 9.64 Å². The number of pyridine rings is 1. The van der Waals surface area contributed by atoms with Crippen molar-refractivity contribution in [3.63, 3.8) is 0 Å². The van der Waals surface area contributed by atoms with Crippen molar-refractivity contribution in [2.24, 2.45) is 0 Å². The number of anilines is 1. The van der Waals surface area contributed by atoms with Gasteiger partial charge in [-0.05, 0) is 62.8 Å². The smallest absolute Gasteiger partial charge is 0.387 e. The average Bonchev–Trinajstić information content (AvgIpc) is 3.59. The second-order valence-electron chi connectivity index (χ2n) is 9.93. The van der Waals surface area contributed by atoms with Gasteiger partial charge in [-0.2, -0.15) is 8.78 Å². The molecule has 3 aromatic rings. The maximum atomic E-state index is 13.0. The number of carbonyl (C=O) groups is 1. The maximum absolute atomic E-state index is 13.0. The quantitative estimate of drug-likeness (QED) is 0.395. The van der Waals surface area contributed by atoms with Gasteiger partial charge in [0.2, 0.25) is 0 Å². The van der Waals surface area contributed by atoms with E-state index in [1.54, 1.807) is 30.3 Å². The van der Waals surface area contributed by atoms with Crippen LogP contribution in [-0.4, -0.2) is 46.0 Å². The summed E-state index contributed by atoms with van der Waals surface area (Å²) in [4.78, 5) is 17.9. The molecular formula is C27H27F2N3O5. The molecule has 10 heteroatoms. The highest BCUT2D eigenvalue weighted by atomic mass is 19.3. The fraction of sp³-hybridized carbons (Fsp3) is 0.444. The van der Waals surface area contributed by atoms with Gasteiger partial charge < -0.3 is 24.0 Å². The highest BCUT2D eigenvalue weighted by Gasteiger charge is 2.42. The van der Waals surface area contributed by atoms with E-state index in [-0.39, 0.29) is 42.0 Å². The monoisotopic (exact) mass is 511 g/mol. The molecule has 2 aliphatic heterocycles. The van der Waals surface area contributed by atoms with E-state index in [9.17, 15) is 13.6 Å². The number of hydrogen-bond donors (Lipinski definition) is 1. The average molecular weight is 512 g/mol. The maximum Gasteiger partial charge on any atom is 0.387 e. The predicted octanol–water partition coefficient (Wildman–Crippen LogP) is 5.63. The number of fused-ring (bicyclic) bond motifs is 2. The SMILES string of the molecule is O=C(O)c1ccc(N2[C@@H]3CC[C@H]2CC(OCc2c(-c4ccccc4OC(F)F)noc2C2CC2)C3)nc1. The van der Waals surface area contributed by atoms with Crippen molar-refractivity contribution < 1.29 is 32.7 Å². The summed E-state index contributed by atoms with van der Waals surface area (Å²) in [6, 6.07) is 10.5. The molecule has 2 bridgehead atoms. The van der Waals surface area contributed by atoms with E-state index in [2.05, 4.69) is 15.0 Å². The lowest BCUT2D eigenvalue weighted by Gasteiger charge is -2.39. The van der Waals surface area contributed by atoms with Gasteiger partial charge in [-0.3, -0.25) is 0 Å². The molecule has 1 aromatic carbocycles. The Morgan fingerprint density at radius 1 is 1.11 bits per heavy atom. The molecule has 0 radical (unpaired) electrons. The van der Waals surface area contributed by atoms with E-state index < -0.39 is 12.6 Å². The number of piperidine rings is 1. The summed E-state index contributed by atoms with van der Waals surface area (Å²) in [5, 5.41) is 13.4. The van der Waals surface area contributed by atoms with Gasteiger partial charge in [0.05, 0.1) is 18.3 Å². The van der Waals surface area contributed by atoms with Crippen molar-refractivity contribution in [3.05, 3.63) is 59.5 Å². The van der Waals surface area contributed by atoms with Crippen molar-refractivity contribution in [2.75, 3.05) is 4.90 Å². The van der Waals surface area contributed by atoms with Gasteiger partial charge in [-0.1, -0.05) is 17.3 Å². The van der Waals surface area contributed by atoms with Crippen molar-refractivity contribution in [3.8, 4) is 17.0 Å². The first-order valence-corrected chi connectivity index (χ1v) is 12.6. The summed E-state index contributed by atoms with van der Waals surface area (Å²) in [5.74, 6) is 0.910. The van der Waals surface area contributed by atoms with Gasteiger partial charge in [0.1, 0.15) is 23.0 Å². The summed E-state index contributed by atoms with van der Waals surface area (Å²) in [6.07, 6.45) is 7.14. The Morgan fingerprint density at radius 2 is 1.86 bits per heavy atom. The van der Waals surface area contributed by atoms with Crippen molar-refractivity contribution >= 4 is 11.8 Å². The van der Waals surface area contributed by atoms with E-state index in [0.29, 0.717) is 11.3 Å². The molecule has 2 aromatic heterocycles. The highest BCUT2D eigenvalue weighted by molar-refractivity contribution is 5.87. The molecule has 8 nitrogen and oxygen atoms in total. The van der Waals surface area contributed by atoms with Gasteiger partial charge in [0.25, 0.3) is 0 Å². The molecule has 1 saturated carbocycles. The first-order chi connectivity index (χ1) is 18.0. The number of halogens is 2. The minimum Gasteiger partial charge on any atom is -0.478 e. The molecule has 1 unspecified atom stereocenters. The Kier molecular flexibility index (Phi) is 6.27. The molecule has 6 rings (SSSR count). The van der Waals surface area contributed by atoms with E-state index >= 15 is 0 Å². The van der Waals surface area contributed by atoms with Gasteiger partial charge in [0.15, 0.2) is 0 Å². The van der Waals surface area contributed by atoms with Crippen molar-refractivity contribution in [1.82, 2.24) is 10.1 Å². The number of rotatable bonds is 9. The topological polar surface area (TPSA) is 97.9 Å². The van der Waals surface area contributed by atoms with Gasteiger partial charge >= 0.3 is 12.6 Å². The lowest BCUT2D eigenvalue weighted by Crippen LogP contribution is -2.46. The number of hydrogen-bond acceptors (Lipinski definition) is 7. The Morgan fingerprint density at radius 3 is 2.51 bits per heavy atom. The summed E-state index contributed by atoms with van der Waals surface area (Å²) in [7, 11) is 0. The Hall–Kier alpha value is -3.53. The zero-order chi connectivity index (χ0) is 25.5. The molecule has 4 heterocycles. The van der Waals surface area contributed by atoms with Crippen molar-refractivity contribution in [2.45, 2.75) is 75.8 Å². The molecule has 3 fully saturated rings. The standard InChI is InChI=1S/C27H27F2N3O5/c28-27(29)36-22-4-2-1-3-20(22)24-21(25(37-31-24)15-5-6-15)14-35-19-11-17-8-9-18(12-19)32(17)23-10-7-16(13-30-23)26(33)34/h1-4,7,10,13,15,17-19,27H,5-6,8-9,11-12,14H2,(H,33,34)/t17-,18+,19?. The number of aromatic carboxylic acids is 1. The number of carboxylic acid groups (broad SMARTS) is 1. The normalized spacial score (nSPS) is 23.0. The highest BCUT2D eigenvalue weighted by Crippen LogP contribution is 2.46. The molecule has 2 saturated heterocycles. The first kappa shape index (κ1) is 23.8. The van der Waals surface area contributed by atoms with Crippen LogP contribution in [0.1, 0.15) is 66.1 Å². The molecule has 3 aliphatic rings. The summed E-state index contributed by atoms with van der Waals surface area (Å²) in [6.45, 7) is -2.66. The predicted molar refractivity (Wildman–Crippen MR) is 129 cm³/mol. The van der Waals surface area contributed by atoms with Crippen LogP contribution in [0.2, 0.25) is 0 Å². The molecule has 3 atom stereocenters. The molecule has 37 heavy (non-hydrogen) atoms. The Labute approximate surface area is 212 Å². The van der Waals surface area contributed by atoms with E-state index in [1.807, 2.05) is 0 Å². The minimum atomic E-state index is -2.94. The molecule has 0 spiro atoms. The summed E-state index contributed by atoms with van der Waals surface area (Å²) >= 11 is 0. The van der Waals surface area contributed by atoms with Crippen LogP contribution in [0.15, 0.2) is 47.1 Å². The van der Waals surface area contributed by atoms with Crippen molar-refractivity contribution in [1.29, 1.82) is 0 Å². The molecule has 0 amide bonds. The lowest BCUT2D eigenvalue weighted by atomic mass is 9.99. The largest absolute Gasteiger partial charge is 0.478 e. The number of benzene rings is 1. The third-order valence-corrected chi connectivity index (χ3v) is 7.54. The Balaban J connectivity index is 1.19. The Bertz CT molecular complexity index is 1260. The third kappa shape index (κ3) is 4.77. The zero-order valence-corrected chi connectivity index (χ0v) is 20.1. The summed E-state index contributed by atoms with van der Waals surface area (Å²) in [5.41, 5.74) is 1.92. The van der Waals surface area contributed by atoms with Crippen LogP contribution in [0.5, 0.6) is 5.75 Å². The summed E-state index contributed by atoms with van der Waals surface area (Å²) < 4.78 is 42.9. The van der Waals surface area contributed by atoms with Crippen LogP contribution in [0.3, 0.4) is 0 Å². The second-order valence-corrected chi connectivity index (χ2v) is 9.93. The second kappa shape index (κ2) is 9.74. The number of ether oxygens (including phenoxy) is 2. The fourth-order valence-corrected chi connectivity index (χ4v) is 5.70. The van der Waals surface area contributed by atoms with Crippen LogP contribution in [0, 0.1) is 0 Å². The lowest BCUT2D eigenvalue weighted by molar-refractivity contribution is -0.0494. The number of alkyl halides is 2.